The van der Waals surface area contributed by atoms with Gasteiger partial charge in [-0.15, -0.1) is 0 Å². The van der Waals surface area contributed by atoms with Crippen LogP contribution in [0.4, 0.5) is 0 Å². The van der Waals surface area contributed by atoms with Gasteiger partial charge >= 0.3 is 0 Å². The molecule has 1 saturated heterocycles. The lowest BCUT2D eigenvalue weighted by Crippen LogP contribution is -2.40. The van der Waals surface area contributed by atoms with E-state index in [-0.39, 0.29) is 12.2 Å². The smallest absolute Gasteiger partial charge is 0.241 e. The van der Waals surface area contributed by atoms with Crippen LogP contribution in [0.15, 0.2) is 0 Å². The lowest BCUT2D eigenvalue weighted by Gasteiger charge is -2.27. The summed E-state index contributed by atoms with van der Waals surface area (Å²) in [4.78, 5) is 14.8. The molecule has 2 rings (SSSR count). The Morgan fingerprint density at radius 2 is 1.95 bits per heavy atom. The fourth-order valence-corrected chi connectivity index (χ4v) is 3.20. The molecule has 1 saturated carbocycles. The Morgan fingerprint density at radius 3 is 2.47 bits per heavy atom. The first-order valence-corrected chi connectivity index (χ1v) is 8.15. The first-order valence-electron chi connectivity index (χ1n) is 8.15. The number of hydrogen-bond donors (Lipinski definition) is 1. The SMILES string of the molecule is CCCC1NC(C(C)CC)C(=O)N1CC(C)C1CC1. The third-order valence-electron chi connectivity index (χ3n) is 4.98. The molecule has 1 amide bonds. The highest BCUT2D eigenvalue weighted by Gasteiger charge is 2.42. The summed E-state index contributed by atoms with van der Waals surface area (Å²) in [6.07, 6.45) is 6.28. The Kier molecular flexibility index (Phi) is 4.88. The summed E-state index contributed by atoms with van der Waals surface area (Å²) < 4.78 is 0. The van der Waals surface area contributed by atoms with Gasteiger partial charge in [0.25, 0.3) is 0 Å². The van der Waals surface area contributed by atoms with Crippen LogP contribution >= 0.6 is 0 Å². The molecule has 3 heteroatoms. The van der Waals surface area contributed by atoms with Crippen molar-refractivity contribution in [2.24, 2.45) is 17.8 Å². The highest BCUT2D eigenvalue weighted by atomic mass is 16.2. The van der Waals surface area contributed by atoms with Gasteiger partial charge in [-0.05, 0) is 37.0 Å². The van der Waals surface area contributed by atoms with Crippen molar-refractivity contribution in [3.63, 3.8) is 0 Å². The maximum absolute atomic E-state index is 12.6. The molecule has 110 valence electrons. The molecule has 19 heavy (non-hydrogen) atoms. The van der Waals surface area contributed by atoms with E-state index in [0.29, 0.717) is 17.7 Å². The molecule has 2 fully saturated rings. The van der Waals surface area contributed by atoms with Crippen molar-refractivity contribution in [1.29, 1.82) is 0 Å². The van der Waals surface area contributed by atoms with E-state index in [1.54, 1.807) is 0 Å². The minimum absolute atomic E-state index is 0.0490. The largest absolute Gasteiger partial charge is 0.326 e. The zero-order valence-corrected chi connectivity index (χ0v) is 13.0. The molecule has 1 N–H and O–H groups in total. The number of nitrogens with zero attached hydrogens (tertiary/aromatic N) is 1. The van der Waals surface area contributed by atoms with Gasteiger partial charge in [0.05, 0.1) is 12.2 Å². The van der Waals surface area contributed by atoms with Crippen molar-refractivity contribution in [2.45, 2.75) is 72.0 Å². The van der Waals surface area contributed by atoms with E-state index in [9.17, 15) is 4.79 Å². The lowest BCUT2D eigenvalue weighted by molar-refractivity contribution is -0.131. The summed E-state index contributed by atoms with van der Waals surface area (Å²) in [5, 5.41) is 3.58. The van der Waals surface area contributed by atoms with Crippen molar-refractivity contribution >= 4 is 5.91 Å². The Hall–Kier alpha value is -0.570. The van der Waals surface area contributed by atoms with Crippen LogP contribution in [0.1, 0.15) is 59.8 Å². The maximum Gasteiger partial charge on any atom is 0.241 e. The third kappa shape index (κ3) is 3.31. The zero-order chi connectivity index (χ0) is 14.0. The Balaban J connectivity index is 2.01. The Bertz CT molecular complexity index is 314. The normalized spacial score (nSPS) is 30.7. The number of carbonyl (C=O) groups excluding carboxylic acids is 1. The minimum atomic E-state index is 0.0490. The summed E-state index contributed by atoms with van der Waals surface area (Å²) in [7, 11) is 0. The fraction of sp³-hybridized carbons (Fsp3) is 0.938. The van der Waals surface area contributed by atoms with E-state index in [0.717, 1.165) is 31.7 Å². The van der Waals surface area contributed by atoms with Crippen LogP contribution in [0, 0.1) is 17.8 Å². The molecule has 2 aliphatic rings. The van der Waals surface area contributed by atoms with Gasteiger partial charge in [-0.25, -0.2) is 0 Å². The second-order valence-corrected chi connectivity index (χ2v) is 6.64. The summed E-state index contributed by atoms with van der Waals surface area (Å²) in [6, 6.07) is 0.0490. The topological polar surface area (TPSA) is 32.3 Å². The predicted molar refractivity (Wildman–Crippen MR) is 78.7 cm³/mol. The number of rotatable bonds is 7. The number of nitrogens with one attached hydrogen (secondary N) is 1. The predicted octanol–water partition coefficient (Wildman–Crippen LogP) is 3.01. The van der Waals surface area contributed by atoms with Crippen LogP contribution in [-0.2, 0) is 4.79 Å². The molecule has 0 radical (unpaired) electrons. The van der Waals surface area contributed by atoms with E-state index in [1.165, 1.54) is 12.8 Å². The average Bonchev–Trinajstić information content (AvgIpc) is 3.20. The summed E-state index contributed by atoms with van der Waals surface area (Å²) in [5.74, 6) is 2.33. The minimum Gasteiger partial charge on any atom is -0.326 e. The summed E-state index contributed by atoms with van der Waals surface area (Å²) in [5.41, 5.74) is 0. The molecule has 1 aliphatic heterocycles. The van der Waals surface area contributed by atoms with E-state index < -0.39 is 0 Å². The molecule has 1 aliphatic carbocycles. The second-order valence-electron chi connectivity index (χ2n) is 6.64. The standard InChI is InChI=1S/C16H30N2O/c1-5-7-14-17-15(11(3)6-2)16(19)18(14)10-12(4)13-8-9-13/h11-15,17H,5-10H2,1-4H3. The van der Waals surface area contributed by atoms with E-state index in [2.05, 4.69) is 37.9 Å². The molecule has 0 aromatic rings. The van der Waals surface area contributed by atoms with Crippen molar-refractivity contribution in [3.05, 3.63) is 0 Å². The van der Waals surface area contributed by atoms with Crippen molar-refractivity contribution in [3.8, 4) is 0 Å². The van der Waals surface area contributed by atoms with E-state index in [4.69, 9.17) is 0 Å². The van der Waals surface area contributed by atoms with E-state index in [1.807, 2.05) is 0 Å². The van der Waals surface area contributed by atoms with Crippen LogP contribution < -0.4 is 5.32 Å². The van der Waals surface area contributed by atoms with Crippen LogP contribution in [0.3, 0.4) is 0 Å². The molecule has 4 atom stereocenters. The number of amides is 1. The van der Waals surface area contributed by atoms with Gasteiger partial charge in [0.2, 0.25) is 5.91 Å². The molecular weight excluding hydrogens is 236 g/mol. The van der Waals surface area contributed by atoms with Crippen molar-refractivity contribution < 1.29 is 4.79 Å². The molecule has 0 bridgehead atoms. The zero-order valence-electron chi connectivity index (χ0n) is 13.0. The fourth-order valence-electron chi connectivity index (χ4n) is 3.20. The van der Waals surface area contributed by atoms with Crippen LogP contribution in [0.25, 0.3) is 0 Å². The molecule has 0 aromatic heterocycles. The van der Waals surface area contributed by atoms with Gasteiger partial charge in [0.15, 0.2) is 0 Å². The van der Waals surface area contributed by atoms with Gasteiger partial charge < -0.3 is 4.90 Å². The summed E-state index contributed by atoms with van der Waals surface area (Å²) >= 11 is 0. The monoisotopic (exact) mass is 266 g/mol. The van der Waals surface area contributed by atoms with Gasteiger partial charge in [-0.2, -0.15) is 0 Å². The van der Waals surface area contributed by atoms with Gasteiger partial charge in [0, 0.05) is 6.54 Å². The first-order chi connectivity index (χ1) is 9.08. The Morgan fingerprint density at radius 1 is 1.26 bits per heavy atom. The molecule has 0 spiro atoms. The first kappa shape index (κ1) is 14.8. The second kappa shape index (κ2) is 6.25. The highest BCUT2D eigenvalue weighted by molar-refractivity contribution is 5.84. The van der Waals surface area contributed by atoms with Crippen LogP contribution in [0.5, 0.6) is 0 Å². The van der Waals surface area contributed by atoms with Crippen LogP contribution in [-0.4, -0.2) is 29.6 Å². The number of carbonyl (C=O) groups is 1. The van der Waals surface area contributed by atoms with Crippen molar-refractivity contribution in [2.75, 3.05) is 6.54 Å². The molecular formula is C16H30N2O. The molecule has 3 nitrogen and oxygen atoms in total. The van der Waals surface area contributed by atoms with Crippen LogP contribution in [0.2, 0.25) is 0 Å². The third-order valence-corrected chi connectivity index (χ3v) is 4.98. The average molecular weight is 266 g/mol. The molecule has 4 unspecified atom stereocenters. The van der Waals surface area contributed by atoms with Gasteiger partial charge in [-0.1, -0.05) is 40.5 Å². The molecule has 0 aromatic carbocycles. The Labute approximate surface area is 118 Å². The van der Waals surface area contributed by atoms with E-state index >= 15 is 0 Å². The maximum atomic E-state index is 12.6. The summed E-state index contributed by atoms with van der Waals surface area (Å²) in [6.45, 7) is 9.82. The quantitative estimate of drug-likeness (QED) is 0.768. The van der Waals surface area contributed by atoms with Crippen molar-refractivity contribution in [1.82, 2.24) is 10.2 Å². The lowest BCUT2D eigenvalue weighted by atomic mass is 9.99. The molecule has 1 heterocycles. The number of hydrogen-bond acceptors (Lipinski definition) is 2. The van der Waals surface area contributed by atoms with Gasteiger partial charge in [0.1, 0.15) is 0 Å². The van der Waals surface area contributed by atoms with Gasteiger partial charge in [-0.3, -0.25) is 10.1 Å². The highest BCUT2D eigenvalue weighted by Crippen LogP contribution is 2.37.